The first-order valence-electron chi connectivity index (χ1n) is 11.4. The molecule has 32 heavy (non-hydrogen) atoms. The van der Waals surface area contributed by atoms with Gasteiger partial charge in [-0.05, 0) is 61.7 Å². The Morgan fingerprint density at radius 1 is 1.09 bits per heavy atom. The molecule has 0 spiro atoms. The van der Waals surface area contributed by atoms with Gasteiger partial charge in [-0.3, -0.25) is 9.69 Å². The SMILES string of the molecule is COc1ccc2[nH]cc(C3CCN(CC(=O)N4CCN(c5ncccn5)CC4)CC3)c2c1. The van der Waals surface area contributed by atoms with Gasteiger partial charge in [0.05, 0.1) is 13.7 Å². The van der Waals surface area contributed by atoms with Crippen molar-refractivity contribution in [1.29, 1.82) is 0 Å². The molecule has 3 aromatic rings. The lowest BCUT2D eigenvalue weighted by Crippen LogP contribution is -2.52. The number of piperidine rings is 1. The maximum absolute atomic E-state index is 12.9. The van der Waals surface area contributed by atoms with Crippen LogP contribution in [0.1, 0.15) is 24.3 Å². The second kappa shape index (κ2) is 9.16. The number of hydrogen-bond acceptors (Lipinski definition) is 6. The third-order valence-electron chi connectivity index (χ3n) is 6.77. The van der Waals surface area contributed by atoms with E-state index in [1.54, 1.807) is 19.5 Å². The number of likely N-dealkylation sites (tertiary alicyclic amines) is 1. The number of methoxy groups -OCH3 is 1. The smallest absolute Gasteiger partial charge is 0.236 e. The number of amides is 1. The Labute approximate surface area is 188 Å². The summed E-state index contributed by atoms with van der Waals surface area (Å²) in [5.74, 6) is 2.38. The molecule has 2 aliphatic heterocycles. The summed E-state index contributed by atoms with van der Waals surface area (Å²) in [6.07, 6.45) is 7.80. The van der Waals surface area contributed by atoms with Crippen molar-refractivity contribution < 1.29 is 9.53 Å². The van der Waals surface area contributed by atoms with Crippen LogP contribution in [0.4, 0.5) is 5.95 Å². The zero-order chi connectivity index (χ0) is 21.9. The van der Waals surface area contributed by atoms with Crippen LogP contribution in [-0.2, 0) is 4.79 Å². The standard InChI is InChI=1S/C24H30N6O2/c1-32-19-3-4-22-20(15-19)21(16-27-22)18-5-9-28(10-6-18)17-23(31)29-11-13-30(14-12-29)24-25-7-2-8-26-24/h2-4,7-8,15-16,18,27H,5-6,9-14,17H2,1H3. The maximum Gasteiger partial charge on any atom is 0.236 e. The number of benzene rings is 1. The van der Waals surface area contributed by atoms with Crippen molar-refractivity contribution in [3.05, 3.63) is 48.4 Å². The van der Waals surface area contributed by atoms with E-state index in [4.69, 9.17) is 4.74 Å². The third kappa shape index (κ3) is 4.27. The molecule has 0 saturated carbocycles. The number of aromatic nitrogens is 3. The van der Waals surface area contributed by atoms with Crippen LogP contribution in [0.3, 0.4) is 0 Å². The largest absolute Gasteiger partial charge is 0.497 e. The molecule has 2 saturated heterocycles. The van der Waals surface area contributed by atoms with Gasteiger partial charge in [0.1, 0.15) is 5.75 Å². The normalized spacial score (nSPS) is 18.3. The summed E-state index contributed by atoms with van der Waals surface area (Å²) in [6, 6.07) is 8.01. The quantitative estimate of drug-likeness (QED) is 0.665. The second-order valence-electron chi connectivity index (χ2n) is 8.62. The topological polar surface area (TPSA) is 77.6 Å². The van der Waals surface area contributed by atoms with Gasteiger partial charge in [0.15, 0.2) is 0 Å². The average Bonchev–Trinajstić information content (AvgIpc) is 3.28. The predicted octanol–water partition coefficient (Wildman–Crippen LogP) is 2.49. The van der Waals surface area contributed by atoms with E-state index in [0.717, 1.165) is 69.3 Å². The van der Waals surface area contributed by atoms with Gasteiger partial charge in [0.25, 0.3) is 0 Å². The van der Waals surface area contributed by atoms with Crippen LogP contribution >= 0.6 is 0 Å². The summed E-state index contributed by atoms with van der Waals surface area (Å²) in [4.78, 5) is 31.3. The van der Waals surface area contributed by atoms with Gasteiger partial charge in [-0.25, -0.2) is 9.97 Å². The number of carbonyl (C=O) groups is 1. The van der Waals surface area contributed by atoms with E-state index in [-0.39, 0.29) is 5.91 Å². The summed E-state index contributed by atoms with van der Waals surface area (Å²) in [5.41, 5.74) is 2.52. The molecule has 4 heterocycles. The van der Waals surface area contributed by atoms with Gasteiger partial charge in [0.2, 0.25) is 11.9 Å². The molecule has 0 radical (unpaired) electrons. The van der Waals surface area contributed by atoms with E-state index in [1.165, 1.54) is 10.9 Å². The minimum absolute atomic E-state index is 0.230. The number of hydrogen-bond donors (Lipinski definition) is 1. The lowest BCUT2D eigenvalue weighted by Gasteiger charge is -2.37. The van der Waals surface area contributed by atoms with Gasteiger partial charge in [-0.2, -0.15) is 0 Å². The average molecular weight is 435 g/mol. The van der Waals surface area contributed by atoms with Crippen molar-refractivity contribution in [1.82, 2.24) is 24.8 Å². The molecule has 8 heteroatoms. The Bertz CT molecular complexity index is 1050. The minimum Gasteiger partial charge on any atom is -0.497 e. The van der Waals surface area contributed by atoms with Crippen molar-refractivity contribution in [2.75, 3.05) is 57.8 Å². The van der Waals surface area contributed by atoms with Gasteiger partial charge in [0, 0.05) is 55.7 Å². The van der Waals surface area contributed by atoms with Crippen LogP contribution < -0.4 is 9.64 Å². The molecule has 0 unspecified atom stereocenters. The molecule has 8 nitrogen and oxygen atoms in total. The fourth-order valence-electron chi connectivity index (χ4n) is 4.89. The Morgan fingerprint density at radius 2 is 1.84 bits per heavy atom. The molecule has 2 aromatic heterocycles. The first-order chi connectivity index (χ1) is 15.7. The number of nitrogens with one attached hydrogen (secondary N) is 1. The van der Waals surface area contributed by atoms with Crippen LogP contribution in [0, 0.1) is 0 Å². The van der Waals surface area contributed by atoms with Gasteiger partial charge >= 0.3 is 0 Å². The lowest BCUT2D eigenvalue weighted by molar-refractivity contribution is -0.133. The number of carbonyl (C=O) groups excluding carboxylic acids is 1. The Balaban J connectivity index is 1.13. The van der Waals surface area contributed by atoms with E-state index in [0.29, 0.717) is 12.5 Å². The molecular weight excluding hydrogens is 404 g/mol. The number of nitrogens with zero attached hydrogens (tertiary/aromatic N) is 5. The fraction of sp³-hybridized carbons (Fsp3) is 0.458. The maximum atomic E-state index is 12.9. The number of rotatable bonds is 5. The van der Waals surface area contributed by atoms with E-state index >= 15 is 0 Å². The molecule has 1 aromatic carbocycles. The molecule has 1 amide bonds. The Kier molecular flexibility index (Phi) is 5.94. The van der Waals surface area contributed by atoms with E-state index in [2.05, 4.69) is 43.1 Å². The number of aromatic amines is 1. The lowest BCUT2D eigenvalue weighted by atomic mass is 9.89. The highest BCUT2D eigenvalue weighted by atomic mass is 16.5. The summed E-state index contributed by atoms with van der Waals surface area (Å²) < 4.78 is 5.41. The Morgan fingerprint density at radius 3 is 2.56 bits per heavy atom. The number of anilines is 1. The molecule has 2 fully saturated rings. The van der Waals surface area contributed by atoms with E-state index in [9.17, 15) is 4.79 Å². The van der Waals surface area contributed by atoms with Crippen molar-refractivity contribution in [2.24, 2.45) is 0 Å². The first kappa shape index (κ1) is 20.8. The van der Waals surface area contributed by atoms with Crippen molar-refractivity contribution in [3.8, 4) is 5.75 Å². The molecule has 5 rings (SSSR count). The molecule has 0 atom stereocenters. The summed E-state index contributed by atoms with van der Waals surface area (Å²) in [5, 5.41) is 1.25. The number of H-pyrrole nitrogens is 1. The van der Waals surface area contributed by atoms with Gasteiger partial charge < -0.3 is 19.5 Å². The summed E-state index contributed by atoms with van der Waals surface area (Å²) in [6.45, 7) is 5.42. The van der Waals surface area contributed by atoms with E-state index < -0.39 is 0 Å². The van der Waals surface area contributed by atoms with Crippen molar-refractivity contribution >= 4 is 22.8 Å². The Hall–Kier alpha value is -3.13. The molecule has 0 bridgehead atoms. The van der Waals surface area contributed by atoms with Gasteiger partial charge in [-0.1, -0.05) is 0 Å². The van der Waals surface area contributed by atoms with Crippen molar-refractivity contribution in [3.63, 3.8) is 0 Å². The molecule has 1 N–H and O–H groups in total. The highest BCUT2D eigenvalue weighted by Crippen LogP contribution is 2.34. The highest BCUT2D eigenvalue weighted by Gasteiger charge is 2.27. The fourth-order valence-corrected chi connectivity index (χ4v) is 4.89. The number of fused-ring (bicyclic) bond motifs is 1. The van der Waals surface area contributed by atoms with Crippen LogP contribution in [0.15, 0.2) is 42.9 Å². The number of ether oxygens (including phenoxy) is 1. The summed E-state index contributed by atoms with van der Waals surface area (Å²) in [7, 11) is 1.71. The first-order valence-corrected chi connectivity index (χ1v) is 11.4. The van der Waals surface area contributed by atoms with Crippen LogP contribution in [-0.4, -0.2) is 83.6 Å². The zero-order valence-corrected chi connectivity index (χ0v) is 18.5. The second-order valence-corrected chi connectivity index (χ2v) is 8.62. The van der Waals surface area contributed by atoms with Crippen LogP contribution in [0.5, 0.6) is 5.75 Å². The minimum atomic E-state index is 0.230. The van der Waals surface area contributed by atoms with Gasteiger partial charge in [-0.15, -0.1) is 0 Å². The molecule has 0 aliphatic carbocycles. The summed E-state index contributed by atoms with van der Waals surface area (Å²) >= 11 is 0. The third-order valence-corrected chi connectivity index (χ3v) is 6.77. The molecule has 2 aliphatic rings. The molecule has 168 valence electrons. The predicted molar refractivity (Wildman–Crippen MR) is 124 cm³/mol. The van der Waals surface area contributed by atoms with Crippen molar-refractivity contribution in [2.45, 2.75) is 18.8 Å². The number of piperazine rings is 1. The molecular formula is C24H30N6O2. The zero-order valence-electron chi connectivity index (χ0n) is 18.5. The van der Waals surface area contributed by atoms with Crippen LogP contribution in [0.2, 0.25) is 0 Å². The monoisotopic (exact) mass is 434 g/mol. The van der Waals surface area contributed by atoms with Crippen LogP contribution in [0.25, 0.3) is 10.9 Å². The van der Waals surface area contributed by atoms with E-state index in [1.807, 2.05) is 17.0 Å². The highest BCUT2D eigenvalue weighted by molar-refractivity contribution is 5.85.